The first kappa shape index (κ1) is 11.0. The summed E-state index contributed by atoms with van der Waals surface area (Å²) in [5.41, 5.74) is 5.44. The largest absolute Gasteiger partial charge is 0.456 e. The summed E-state index contributed by atoms with van der Waals surface area (Å²) in [4.78, 5) is 14.4. The maximum atomic E-state index is 12.9. The topological polar surface area (TPSA) is 65.2 Å². The SMILES string of the molecule is CCOC(=O)C#Cc1cnc(N)c(F)c1. The summed E-state index contributed by atoms with van der Waals surface area (Å²) >= 11 is 0. The number of aromatic nitrogens is 1. The lowest BCUT2D eigenvalue weighted by Crippen LogP contribution is -2.00. The lowest BCUT2D eigenvalue weighted by molar-refractivity contribution is -0.136. The Kier molecular flexibility index (Phi) is 3.63. The Morgan fingerprint density at radius 2 is 2.47 bits per heavy atom. The fourth-order valence-electron chi connectivity index (χ4n) is 0.807. The molecule has 1 aromatic heterocycles. The van der Waals surface area contributed by atoms with Gasteiger partial charge in [0.15, 0.2) is 11.6 Å². The molecule has 0 spiro atoms. The van der Waals surface area contributed by atoms with E-state index in [0.29, 0.717) is 0 Å². The van der Waals surface area contributed by atoms with Crippen molar-refractivity contribution in [1.29, 1.82) is 0 Å². The lowest BCUT2D eigenvalue weighted by atomic mass is 10.3. The second-order valence-corrected chi connectivity index (χ2v) is 2.56. The zero-order chi connectivity index (χ0) is 11.3. The predicted molar refractivity (Wildman–Crippen MR) is 52.1 cm³/mol. The van der Waals surface area contributed by atoms with Crippen molar-refractivity contribution in [3.63, 3.8) is 0 Å². The molecule has 0 fully saturated rings. The Morgan fingerprint density at radius 1 is 1.73 bits per heavy atom. The van der Waals surface area contributed by atoms with Gasteiger partial charge >= 0.3 is 5.97 Å². The normalized spacial score (nSPS) is 8.93. The third kappa shape index (κ3) is 3.27. The highest BCUT2D eigenvalue weighted by Gasteiger charge is 1.99. The van der Waals surface area contributed by atoms with E-state index in [-0.39, 0.29) is 18.0 Å². The molecule has 0 saturated carbocycles. The van der Waals surface area contributed by atoms with Gasteiger partial charge in [-0.3, -0.25) is 0 Å². The number of nitrogens with two attached hydrogens (primary N) is 1. The van der Waals surface area contributed by atoms with Crippen LogP contribution in [0, 0.1) is 17.7 Å². The molecule has 0 radical (unpaired) electrons. The van der Waals surface area contributed by atoms with E-state index in [9.17, 15) is 9.18 Å². The summed E-state index contributed by atoms with van der Waals surface area (Å²) in [6.07, 6.45) is 1.28. The van der Waals surface area contributed by atoms with Gasteiger partial charge in [-0.2, -0.15) is 0 Å². The van der Waals surface area contributed by atoms with E-state index in [1.807, 2.05) is 0 Å². The Balaban J connectivity index is 2.80. The van der Waals surface area contributed by atoms with E-state index < -0.39 is 11.8 Å². The highest BCUT2D eigenvalue weighted by atomic mass is 19.1. The predicted octanol–water partition coefficient (Wildman–Crippen LogP) is 0.718. The first-order valence-corrected chi connectivity index (χ1v) is 4.23. The van der Waals surface area contributed by atoms with Crippen molar-refractivity contribution in [1.82, 2.24) is 4.98 Å². The van der Waals surface area contributed by atoms with Crippen molar-refractivity contribution in [2.24, 2.45) is 0 Å². The molecule has 2 N–H and O–H groups in total. The van der Waals surface area contributed by atoms with Crippen molar-refractivity contribution in [2.75, 3.05) is 12.3 Å². The van der Waals surface area contributed by atoms with Crippen LogP contribution in [-0.2, 0) is 9.53 Å². The summed E-state index contributed by atoms with van der Waals surface area (Å²) in [6, 6.07) is 1.11. The van der Waals surface area contributed by atoms with Gasteiger partial charge in [0, 0.05) is 17.7 Å². The van der Waals surface area contributed by atoms with Gasteiger partial charge in [0.25, 0.3) is 0 Å². The molecule has 0 unspecified atom stereocenters. The van der Waals surface area contributed by atoms with Crippen LogP contribution in [0.5, 0.6) is 0 Å². The molecule has 1 rings (SSSR count). The standard InChI is InChI=1S/C10H9FN2O2/c1-2-15-9(14)4-3-7-5-8(11)10(12)13-6-7/h5-6H,2H2,1H3,(H2,12,13). The van der Waals surface area contributed by atoms with E-state index in [0.717, 1.165) is 6.07 Å². The Morgan fingerprint density at radius 3 is 3.07 bits per heavy atom. The first-order chi connectivity index (χ1) is 7.13. The van der Waals surface area contributed by atoms with Crippen LogP contribution in [0.1, 0.15) is 12.5 Å². The fourth-order valence-corrected chi connectivity index (χ4v) is 0.807. The number of halogens is 1. The van der Waals surface area contributed by atoms with Gasteiger partial charge in [0.05, 0.1) is 6.61 Å². The van der Waals surface area contributed by atoms with E-state index >= 15 is 0 Å². The van der Waals surface area contributed by atoms with Gasteiger partial charge in [-0.15, -0.1) is 0 Å². The first-order valence-electron chi connectivity index (χ1n) is 4.23. The van der Waals surface area contributed by atoms with Crippen LogP contribution in [0.25, 0.3) is 0 Å². The molecule has 78 valence electrons. The number of hydrogen-bond donors (Lipinski definition) is 1. The van der Waals surface area contributed by atoms with E-state index in [4.69, 9.17) is 5.73 Å². The van der Waals surface area contributed by atoms with Crippen LogP contribution < -0.4 is 5.73 Å². The molecule has 0 atom stereocenters. The van der Waals surface area contributed by atoms with Crippen molar-refractivity contribution >= 4 is 11.8 Å². The molecular formula is C10H9FN2O2. The summed E-state index contributed by atoms with van der Waals surface area (Å²) in [5.74, 6) is 3.09. The van der Waals surface area contributed by atoms with Crippen LogP contribution in [0.3, 0.4) is 0 Å². The summed E-state index contributed by atoms with van der Waals surface area (Å²) in [6.45, 7) is 1.92. The van der Waals surface area contributed by atoms with E-state index in [1.165, 1.54) is 6.20 Å². The molecule has 1 aromatic rings. The summed E-state index contributed by atoms with van der Waals surface area (Å²) in [7, 11) is 0. The number of nitrogens with zero attached hydrogens (tertiary/aromatic N) is 1. The minimum atomic E-state index is -0.661. The molecular weight excluding hydrogens is 199 g/mol. The molecule has 5 heteroatoms. The minimum Gasteiger partial charge on any atom is -0.456 e. The van der Waals surface area contributed by atoms with Gasteiger partial charge in [-0.25, -0.2) is 14.2 Å². The number of nitrogen functional groups attached to an aromatic ring is 1. The number of esters is 1. The maximum Gasteiger partial charge on any atom is 0.384 e. The van der Waals surface area contributed by atoms with Gasteiger partial charge in [-0.05, 0) is 13.0 Å². The molecule has 0 amide bonds. The van der Waals surface area contributed by atoms with Crippen molar-refractivity contribution in [3.8, 4) is 11.8 Å². The third-order valence-corrected chi connectivity index (χ3v) is 1.45. The van der Waals surface area contributed by atoms with Gasteiger partial charge in [-0.1, -0.05) is 5.92 Å². The number of rotatable bonds is 1. The molecule has 0 aliphatic heterocycles. The number of carbonyl (C=O) groups excluding carboxylic acids is 1. The van der Waals surface area contributed by atoms with Crippen LogP contribution >= 0.6 is 0 Å². The Bertz CT molecular complexity index is 435. The second kappa shape index (κ2) is 4.96. The highest BCUT2D eigenvalue weighted by Crippen LogP contribution is 2.06. The zero-order valence-electron chi connectivity index (χ0n) is 8.08. The molecule has 15 heavy (non-hydrogen) atoms. The molecule has 0 saturated heterocycles. The van der Waals surface area contributed by atoms with Crippen molar-refractivity contribution in [2.45, 2.75) is 6.92 Å². The van der Waals surface area contributed by atoms with Crippen LogP contribution in [0.2, 0.25) is 0 Å². The van der Waals surface area contributed by atoms with Crippen molar-refractivity contribution in [3.05, 3.63) is 23.6 Å². The zero-order valence-corrected chi connectivity index (χ0v) is 8.08. The van der Waals surface area contributed by atoms with Crippen molar-refractivity contribution < 1.29 is 13.9 Å². The fraction of sp³-hybridized carbons (Fsp3) is 0.200. The number of pyridine rings is 1. The third-order valence-electron chi connectivity index (χ3n) is 1.45. The summed E-state index contributed by atoms with van der Waals surface area (Å²) < 4.78 is 17.4. The molecule has 0 aliphatic rings. The molecule has 0 aliphatic carbocycles. The molecule has 0 bridgehead atoms. The maximum absolute atomic E-state index is 12.9. The van der Waals surface area contributed by atoms with Gasteiger partial charge in [0.1, 0.15) is 0 Å². The summed E-state index contributed by atoms with van der Waals surface area (Å²) in [5, 5.41) is 0. The van der Waals surface area contributed by atoms with Crippen LogP contribution in [0.15, 0.2) is 12.3 Å². The van der Waals surface area contributed by atoms with Crippen LogP contribution in [-0.4, -0.2) is 17.6 Å². The number of anilines is 1. The average Bonchev–Trinajstić information content (AvgIpc) is 2.20. The lowest BCUT2D eigenvalue weighted by Gasteiger charge is -1.94. The van der Waals surface area contributed by atoms with Gasteiger partial charge < -0.3 is 10.5 Å². The average molecular weight is 208 g/mol. The number of hydrogen-bond acceptors (Lipinski definition) is 4. The van der Waals surface area contributed by atoms with Gasteiger partial charge in [0.2, 0.25) is 0 Å². The smallest absolute Gasteiger partial charge is 0.384 e. The number of carbonyl (C=O) groups is 1. The molecule has 4 nitrogen and oxygen atoms in total. The Hall–Kier alpha value is -2.09. The monoisotopic (exact) mass is 208 g/mol. The minimum absolute atomic E-state index is 0.198. The van der Waals surface area contributed by atoms with Crippen LogP contribution in [0.4, 0.5) is 10.2 Å². The molecule has 1 heterocycles. The number of ether oxygens (including phenoxy) is 1. The molecule has 0 aromatic carbocycles. The highest BCUT2D eigenvalue weighted by molar-refractivity contribution is 5.89. The second-order valence-electron chi connectivity index (χ2n) is 2.56. The Labute approximate surface area is 86.3 Å². The quantitative estimate of drug-likeness (QED) is 0.545. The van der Waals surface area contributed by atoms with E-state index in [2.05, 4.69) is 21.6 Å². The van der Waals surface area contributed by atoms with E-state index in [1.54, 1.807) is 6.92 Å².